The molecule has 0 atom stereocenters. The predicted octanol–water partition coefficient (Wildman–Crippen LogP) is 5.67. The van der Waals surface area contributed by atoms with Gasteiger partial charge in [0.1, 0.15) is 11.5 Å². The van der Waals surface area contributed by atoms with Crippen LogP contribution in [0.4, 0.5) is 17.6 Å². The molecule has 1 aromatic rings. The highest BCUT2D eigenvalue weighted by Gasteiger charge is 2.35. The van der Waals surface area contributed by atoms with Crippen molar-refractivity contribution in [3.8, 4) is 0 Å². The van der Waals surface area contributed by atoms with Crippen LogP contribution in [0.15, 0.2) is 59.2 Å². The Kier molecular flexibility index (Phi) is 12.1. The van der Waals surface area contributed by atoms with Gasteiger partial charge in [0.2, 0.25) is 5.91 Å². The number of rotatable bonds is 8. The van der Waals surface area contributed by atoms with E-state index in [9.17, 15) is 22.4 Å². The van der Waals surface area contributed by atoms with E-state index in [1.165, 1.54) is 26.2 Å². The Bertz CT molecular complexity index is 723. The molecule has 0 aliphatic rings. The highest BCUT2D eigenvalue weighted by molar-refractivity contribution is 8.03. The number of alkyl halides is 3. The molecule has 0 heterocycles. The predicted molar refractivity (Wildman–Crippen MR) is 113 cm³/mol. The van der Waals surface area contributed by atoms with Crippen LogP contribution in [-0.2, 0) is 11.3 Å². The van der Waals surface area contributed by atoms with Crippen molar-refractivity contribution in [3.05, 3.63) is 70.6 Å². The summed E-state index contributed by atoms with van der Waals surface area (Å²) in [6.45, 7) is 9.59. The summed E-state index contributed by atoms with van der Waals surface area (Å²) in [5.41, 5.74) is 0.0947. The molecule has 162 valence electrons. The maximum absolute atomic E-state index is 13.0. The van der Waals surface area contributed by atoms with E-state index in [2.05, 4.69) is 11.9 Å². The molecule has 0 aliphatic carbocycles. The van der Waals surface area contributed by atoms with Gasteiger partial charge in [-0.25, -0.2) is 4.39 Å². The molecular formula is C21H28F4N2OS. The van der Waals surface area contributed by atoms with Crippen LogP contribution in [0.3, 0.4) is 0 Å². The van der Waals surface area contributed by atoms with Gasteiger partial charge in [-0.3, -0.25) is 4.79 Å². The molecule has 0 unspecified atom stereocenters. The van der Waals surface area contributed by atoms with Crippen molar-refractivity contribution in [2.75, 3.05) is 19.8 Å². The summed E-state index contributed by atoms with van der Waals surface area (Å²) < 4.78 is 51.9. The average molecular weight is 433 g/mol. The molecule has 29 heavy (non-hydrogen) atoms. The van der Waals surface area contributed by atoms with Crippen LogP contribution in [0, 0.1) is 5.82 Å². The lowest BCUT2D eigenvalue weighted by molar-refractivity contribution is -0.118. The topological polar surface area (TPSA) is 32.3 Å². The first-order valence-corrected chi connectivity index (χ1v) is 9.99. The fourth-order valence-electron chi connectivity index (χ4n) is 2.06. The number of benzene rings is 1. The van der Waals surface area contributed by atoms with Crippen molar-refractivity contribution in [1.82, 2.24) is 10.2 Å². The molecule has 1 rings (SSSR count). The van der Waals surface area contributed by atoms with Crippen molar-refractivity contribution >= 4 is 17.7 Å². The fraction of sp³-hybridized carbons (Fsp3) is 0.381. The van der Waals surface area contributed by atoms with Crippen LogP contribution in [0.2, 0.25) is 0 Å². The number of amides is 1. The van der Waals surface area contributed by atoms with Crippen LogP contribution < -0.4 is 5.32 Å². The van der Waals surface area contributed by atoms with Crippen molar-refractivity contribution < 1.29 is 22.4 Å². The zero-order valence-corrected chi connectivity index (χ0v) is 18.2. The molecule has 8 heteroatoms. The standard InChI is InChI=1S/C19H22F4N2OS.C2H6/c1-5-16(13(2)10-17(25(3)4)19(21,22)23)27-12-18(26)24-11-14-6-8-15(20)9-7-14;1-2/h5-10H,2,11-12H2,1,3-4H3,(H,24,26);1-2H3/b16-5-,17-10-;. The molecule has 0 bridgehead atoms. The average Bonchev–Trinajstić information content (AvgIpc) is 2.66. The van der Waals surface area contributed by atoms with Gasteiger partial charge in [-0.15, -0.1) is 11.8 Å². The first-order valence-electron chi connectivity index (χ1n) is 9.00. The monoisotopic (exact) mass is 432 g/mol. The molecule has 3 nitrogen and oxygen atoms in total. The van der Waals surface area contributed by atoms with Crippen LogP contribution in [0.5, 0.6) is 0 Å². The number of hydrogen-bond acceptors (Lipinski definition) is 3. The van der Waals surface area contributed by atoms with Gasteiger partial charge >= 0.3 is 6.18 Å². The Balaban J connectivity index is 0.00000379. The van der Waals surface area contributed by atoms with E-state index >= 15 is 0 Å². The summed E-state index contributed by atoms with van der Waals surface area (Å²) >= 11 is 1.10. The minimum atomic E-state index is -4.50. The van der Waals surface area contributed by atoms with Crippen molar-refractivity contribution in [2.45, 2.75) is 33.5 Å². The number of nitrogens with one attached hydrogen (secondary N) is 1. The Morgan fingerprint density at radius 3 is 2.21 bits per heavy atom. The van der Waals surface area contributed by atoms with Crippen LogP contribution >= 0.6 is 11.8 Å². The van der Waals surface area contributed by atoms with Gasteiger partial charge in [0, 0.05) is 25.5 Å². The van der Waals surface area contributed by atoms with Gasteiger partial charge in [0.25, 0.3) is 0 Å². The number of halogens is 4. The third kappa shape index (κ3) is 10.2. The molecule has 1 aromatic carbocycles. The first kappa shape index (κ1) is 26.8. The third-order valence-electron chi connectivity index (χ3n) is 3.42. The normalized spacial score (nSPS) is 12.0. The minimum Gasteiger partial charge on any atom is -0.374 e. The van der Waals surface area contributed by atoms with Gasteiger partial charge < -0.3 is 10.2 Å². The SMILES string of the molecule is C=C(/C=C(\N(C)C)C(F)(F)F)/C(=C/C)SCC(=O)NCc1ccc(F)cc1.CC. The van der Waals surface area contributed by atoms with Crippen LogP contribution in [0.25, 0.3) is 0 Å². The second-order valence-corrected chi connectivity index (χ2v) is 6.81. The van der Waals surface area contributed by atoms with E-state index in [-0.39, 0.29) is 29.6 Å². The Labute approximate surface area is 174 Å². The number of allylic oxidation sites excluding steroid dienone is 4. The van der Waals surface area contributed by atoms with Crippen molar-refractivity contribution in [1.29, 1.82) is 0 Å². The Morgan fingerprint density at radius 1 is 1.21 bits per heavy atom. The quantitative estimate of drug-likeness (QED) is 0.424. The maximum Gasteiger partial charge on any atom is 0.431 e. The van der Waals surface area contributed by atoms with Gasteiger partial charge in [0.15, 0.2) is 0 Å². The van der Waals surface area contributed by atoms with E-state index in [1.54, 1.807) is 25.1 Å². The smallest absolute Gasteiger partial charge is 0.374 e. The molecule has 1 N–H and O–H groups in total. The zero-order valence-electron chi connectivity index (χ0n) is 17.4. The highest BCUT2D eigenvalue weighted by Crippen LogP contribution is 2.31. The number of carbonyl (C=O) groups excluding carboxylic acids is 1. The largest absolute Gasteiger partial charge is 0.431 e. The van der Waals surface area contributed by atoms with Crippen LogP contribution in [-0.4, -0.2) is 36.8 Å². The summed E-state index contributed by atoms with van der Waals surface area (Å²) in [6, 6.07) is 5.72. The lowest BCUT2D eigenvalue weighted by Gasteiger charge is -2.20. The number of carbonyl (C=O) groups is 1. The van der Waals surface area contributed by atoms with Crippen molar-refractivity contribution in [3.63, 3.8) is 0 Å². The maximum atomic E-state index is 13.0. The van der Waals surface area contributed by atoms with E-state index in [0.717, 1.165) is 28.3 Å². The lowest BCUT2D eigenvalue weighted by Crippen LogP contribution is -2.25. The molecule has 0 fully saturated rings. The first-order chi connectivity index (χ1) is 13.5. The molecule has 1 amide bonds. The van der Waals surface area contributed by atoms with E-state index < -0.39 is 11.9 Å². The molecule has 0 radical (unpaired) electrons. The fourth-order valence-corrected chi connectivity index (χ4v) is 2.86. The summed E-state index contributed by atoms with van der Waals surface area (Å²) in [7, 11) is 2.61. The Morgan fingerprint density at radius 2 is 1.76 bits per heavy atom. The van der Waals surface area contributed by atoms with Crippen molar-refractivity contribution in [2.24, 2.45) is 0 Å². The minimum absolute atomic E-state index is 0.0248. The van der Waals surface area contributed by atoms with Crippen LogP contribution in [0.1, 0.15) is 26.3 Å². The Hall–Kier alpha value is -2.22. The van der Waals surface area contributed by atoms with E-state index in [0.29, 0.717) is 4.91 Å². The summed E-state index contributed by atoms with van der Waals surface area (Å²) in [5, 5.41) is 2.68. The molecule has 0 aromatic heterocycles. The van der Waals surface area contributed by atoms with Gasteiger partial charge in [-0.2, -0.15) is 13.2 Å². The molecule has 0 saturated heterocycles. The molecule has 0 aliphatic heterocycles. The molecule has 0 saturated carbocycles. The molecule has 0 spiro atoms. The second-order valence-electron chi connectivity index (χ2n) is 5.79. The lowest BCUT2D eigenvalue weighted by atomic mass is 10.2. The third-order valence-corrected chi connectivity index (χ3v) is 4.64. The second kappa shape index (κ2) is 13.1. The number of nitrogens with zero attached hydrogens (tertiary/aromatic N) is 1. The zero-order chi connectivity index (χ0) is 22.6. The summed E-state index contributed by atoms with van der Waals surface area (Å²) in [6.07, 6.45) is -1.93. The summed E-state index contributed by atoms with van der Waals surface area (Å²) in [4.78, 5) is 13.4. The number of thioether (sulfide) groups is 1. The highest BCUT2D eigenvalue weighted by atomic mass is 32.2. The number of hydrogen-bond donors (Lipinski definition) is 1. The van der Waals surface area contributed by atoms with Gasteiger partial charge in [-0.05, 0) is 36.3 Å². The van der Waals surface area contributed by atoms with Gasteiger partial charge in [0.05, 0.1) is 5.75 Å². The van der Waals surface area contributed by atoms with Gasteiger partial charge in [-0.1, -0.05) is 38.6 Å². The van der Waals surface area contributed by atoms with E-state index in [1.807, 2.05) is 13.8 Å². The summed E-state index contributed by atoms with van der Waals surface area (Å²) in [5.74, 6) is -0.623. The van der Waals surface area contributed by atoms with E-state index in [4.69, 9.17) is 0 Å². The molecular weight excluding hydrogens is 404 g/mol.